The minimum absolute atomic E-state index is 0. The van der Waals surface area contributed by atoms with Crippen LogP contribution in [0.2, 0.25) is 0 Å². The zero-order chi connectivity index (χ0) is 41.9. The van der Waals surface area contributed by atoms with Gasteiger partial charge in [0.2, 0.25) is 11.4 Å². The predicted molar refractivity (Wildman–Crippen MR) is 247 cm³/mol. The molecule has 0 spiro atoms. The maximum absolute atomic E-state index is 6.92. The Labute approximate surface area is 372 Å². The molecule has 2 aromatic heterocycles. The third-order valence-electron chi connectivity index (χ3n) is 13.5. The zero-order valence-corrected chi connectivity index (χ0v) is 39.7. The number of quaternary nitrogens is 2. The molecular weight excluding hydrogens is 916 g/mol. The van der Waals surface area contributed by atoms with E-state index in [1.807, 2.05) is 12.3 Å². The molecule has 312 valence electrons. The van der Waals surface area contributed by atoms with Gasteiger partial charge >= 0.3 is 0 Å². The monoisotopic (exact) mass is 974 g/mol. The van der Waals surface area contributed by atoms with E-state index in [2.05, 4.69) is 204 Å². The smallest absolute Gasteiger partial charge is 0.225 e. The van der Waals surface area contributed by atoms with Crippen molar-refractivity contribution in [3.8, 4) is 17.3 Å². The molecule has 5 nitrogen and oxygen atoms in total. The van der Waals surface area contributed by atoms with Crippen molar-refractivity contribution >= 4 is 44.6 Å². The topological polar surface area (TPSA) is 27.1 Å². The summed E-state index contributed by atoms with van der Waals surface area (Å²) >= 11 is 0. The van der Waals surface area contributed by atoms with Crippen LogP contribution in [0.5, 0.6) is 11.5 Å². The van der Waals surface area contributed by atoms with Crippen molar-refractivity contribution in [1.29, 1.82) is 0 Å². The Bertz CT molecular complexity index is 2790. The third kappa shape index (κ3) is 6.41. The van der Waals surface area contributed by atoms with Gasteiger partial charge in [-0.05, 0) is 74.8 Å². The van der Waals surface area contributed by atoms with Gasteiger partial charge in [0.25, 0.3) is 0 Å². The summed E-state index contributed by atoms with van der Waals surface area (Å²) in [6.45, 7) is 30.0. The van der Waals surface area contributed by atoms with Gasteiger partial charge in [0, 0.05) is 68.5 Å². The SMILES string of the molecule is CCC(C)(CC)c1ccc2c(c1)[N@@+]1(c3cccc(C(C)(C)C)c3)[CH-][N+]21c1[c-]c(Oc2[c-]c3c(cc2)c2ccccc2n3-c2cc(C(C)(C)C)ccn2)cc(C(C)(C)C)c1.[Pt]. The number of aromatic nitrogens is 2. The Morgan fingerprint density at radius 3 is 2.00 bits per heavy atom. The van der Waals surface area contributed by atoms with E-state index in [0.29, 0.717) is 20.7 Å². The first kappa shape index (κ1) is 42.2. The molecule has 0 N–H and O–H groups in total. The second kappa shape index (κ2) is 14.3. The van der Waals surface area contributed by atoms with Gasteiger partial charge in [-0.2, -0.15) is 10.7 Å². The van der Waals surface area contributed by atoms with Crippen molar-refractivity contribution in [2.45, 2.75) is 118 Å². The number of ether oxygens (including phenoxy) is 1. The second-order valence-electron chi connectivity index (χ2n) is 20.3. The van der Waals surface area contributed by atoms with Crippen molar-refractivity contribution in [3.63, 3.8) is 0 Å². The Morgan fingerprint density at radius 2 is 1.30 bits per heavy atom. The largest absolute Gasteiger partial charge is 0.509 e. The summed E-state index contributed by atoms with van der Waals surface area (Å²) in [5.74, 6) is 2.20. The van der Waals surface area contributed by atoms with E-state index in [-0.39, 0.29) is 42.7 Å². The third-order valence-corrected chi connectivity index (χ3v) is 13.5. The first-order chi connectivity index (χ1) is 27.8. The van der Waals surface area contributed by atoms with Crippen molar-refractivity contribution in [3.05, 3.63) is 150 Å². The first-order valence-corrected chi connectivity index (χ1v) is 21.4. The summed E-state index contributed by atoms with van der Waals surface area (Å²) < 4.78 is 10.3. The molecular formula is C54H59N4OPt-. The molecule has 1 fully saturated rings. The van der Waals surface area contributed by atoms with Crippen LogP contribution in [0.15, 0.2) is 109 Å². The van der Waals surface area contributed by atoms with Crippen LogP contribution in [-0.2, 0) is 42.7 Å². The number of rotatable bonds is 8. The minimum atomic E-state index is -0.135. The molecule has 2 atom stereocenters. The Balaban J connectivity index is 0.00000499. The summed E-state index contributed by atoms with van der Waals surface area (Å²) in [5, 5.41) is 2.27. The molecule has 9 rings (SSSR count). The van der Waals surface area contributed by atoms with E-state index < -0.39 is 0 Å². The van der Waals surface area contributed by atoms with E-state index >= 15 is 0 Å². The average molecular weight is 975 g/mol. The molecule has 1 unspecified atom stereocenters. The van der Waals surface area contributed by atoms with Crippen LogP contribution in [0.1, 0.15) is 118 Å². The minimum Gasteiger partial charge on any atom is -0.509 e. The van der Waals surface area contributed by atoms with E-state index in [1.54, 1.807) is 0 Å². The predicted octanol–water partition coefficient (Wildman–Crippen LogP) is 14.9. The number of nitrogens with zero attached hydrogens (tertiary/aromatic N) is 4. The number of pyridine rings is 1. The summed E-state index contributed by atoms with van der Waals surface area (Å²) in [7, 11) is 0. The Kier molecular flexibility index (Phi) is 10.0. The molecule has 0 radical (unpaired) electrons. The van der Waals surface area contributed by atoms with Crippen LogP contribution in [-0.4, -0.2) is 9.55 Å². The molecule has 5 aromatic carbocycles. The molecule has 0 aliphatic carbocycles. The molecule has 0 bridgehead atoms. The number of benzene rings is 5. The van der Waals surface area contributed by atoms with Crippen LogP contribution >= 0.6 is 0 Å². The average Bonchev–Trinajstić information content (AvgIpc) is 3.70. The van der Waals surface area contributed by atoms with Crippen LogP contribution in [0.3, 0.4) is 0 Å². The quantitative estimate of drug-likeness (QED) is 0.0862. The standard InChI is InChI=1S/C54H59N4O.Pt/c1-13-54(12,14-2)38-22-25-48-49(31-38)57(40-19-17-18-36(28-40)51(3,4)5)35-58(48,57)41-29-39(53(9,10)11)30-43(33-41)59-42-23-24-45-44-20-15-16-21-46(44)56(47(45)34-42)50-32-37(26-27-55-50)52(6,7)8;/h15-32,35H,13-14H2,1-12H3;/q-1;/t57-,58?;/m0./s1. The number of fused-ring (bicyclic) bond motifs is 7. The van der Waals surface area contributed by atoms with Crippen LogP contribution < -0.4 is 13.9 Å². The summed E-state index contributed by atoms with van der Waals surface area (Å²) in [6.07, 6.45) is 4.11. The number of para-hydroxylation sites is 1. The van der Waals surface area contributed by atoms with E-state index in [9.17, 15) is 0 Å². The molecule has 6 heteroatoms. The van der Waals surface area contributed by atoms with Crippen LogP contribution in [0.4, 0.5) is 22.7 Å². The molecule has 2 aliphatic rings. The van der Waals surface area contributed by atoms with E-state index in [4.69, 9.17) is 9.72 Å². The van der Waals surface area contributed by atoms with E-state index in [0.717, 1.165) is 46.2 Å². The number of hydrogen-bond donors (Lipinski definition) is 0. The molecule has 1 saturated heterocycles. The molecule has 4 heterocycles. The van der Waals surface area contributed by atoms with Crippen LogP contribution in [0.25, 0.3) is 27.6 Å². The molecule has 60 heavy (non-hydrogen) atoms. The van der Waals surface area contributed by atoms with Crippen molar-refractivity contribution in [1.82, 2.24) is 18.7 Å². The Hall–Kier alpha value is -4.54. The fraction of sp³-hybridized carbons (Fsp3) is 0.333. The van der Waals surface area contributed by atoms with Gasteiger partial charge in [-0.1, -0.05) is 131 Å². The van der Waals surface area contributed by atoms with Crippen molar-refractivity contribution < 1.29 is 25.8 Å². The van der Waals surface area contributed by atoms with E-state index in [1.165, 1.54) is 39.3 Å². The van der Waals surface area contributed by atoms with Gasteiger partial charge in [-0.25, -0.2) is 9.58 Å². The fourth-order valence-electron chi connectivity index (χ4n) is 9.19. The molecule has 2 aliphatic heterocycles. The van der Waals surface area contributed by atoms with Gasteiger partial charge < -0.3 is 9.30 Å². The zero-order valence-electron chi connectivity index (χ0n) is 37.4. The first-order valence-electron chi connectivity index (χ1n) is 21.4. The second-order valence-corrected chi connectivity index (χ2v) is 20.3. The van der Waals surface area contributed by atoms with Gasteiger partial charge in [0.05, 0.1) is 5.69 Å². The van der Waals surface area contributed by atoms with Crippen molar-refractivity contribution in [2.24, 2.45) is 0 Å². The normalized spacial score (nSPS) is 18.7. The summed E-state index contributed by atoms with van der Waals surface area (Å²) in [6, 6.07) is 45.6. The number of hydrogen-bond acceptors (Lipinski definition) is 2. The molecule has 0 amide bonds. The van der Waals surface area contributed by atoms with Gasteiger partial charge in [0.1, 0.15) is 5.82 Å². The summed E-state index contributed by atoms with van der Waals surface area (Å²) in [5.41, 5.74) is 12.1. The van der Waals surface area contributed by atoms with Crippen LogP contribution in [0, 0.1) is 18.8 Å². The maximum Gasteiger partial charge on any atom is 0.225 e. The molecule has 0 saturated carbocycles. The van der Waals surface area contributed by atoms with Gasteiger partial charge in [-0.3, -0.25) is 0 Å². The van der Waals surface area contributed by atoms with Gasteiger partial charge in [0.15, 0.2) is 12.4 Å². The van der Waals surface area contributed by atoms with Crippen molar-refractivity contribution in [2.75, 3.05) is 0 Å². The Morgan fingerprint density at radius 1 is 0.600 bits per heavy atom. The fourth-order valence-corrected chi connectivity index (χ4v) is 9.19. The van der Waals surface area contributed by atoms with Gasteiger partial charge in [-0.15, -0.1) is 35.2 Å². The maximum atomic E-state index is 6.92. The summed E-state index contributed by atoms with van der Waals surface area (Å²) in [4.78, 5) is 4.89. The molecule has 7 aromatic rings.